The van der Waals surface area contributed by atoms with E-state index in [1.165, 1.54) is 0 Å². The molecular formula is C10H15ClN2O. The SMILES string of the molecule is CNCCC(=O)c1ccccc1N.Cl. The summed E-state index contributed by atoms with van der Waals surface area (Å²) in [4.78, 5) is 11.5. The third-order valence-electron chi connectivity index (χ3n) is 1.86. The first-order valence-corrected chi connectivity index (χ1v) is 4.28. The van der Waals surface area contributed by atoms with Gasteiger partial charge < -0.3 is 11.1 Å². The van der Waals surface area contributed by atoms with Crippen molar-refractivity contribution in [3.63, 3.8) is 0 Å². The highest BCUT2D eigenvalue weighted by atomic mass is 35.5. The van der Waals surface area contributed by atoms with Crippen LogP contribution in [-0.2, 0) is 0 Å². The Morgan fingerprint density at radius 3 is 2.64 bits per heavy atom. The summed E-state index contributed by atoms with van der Waals surface area (Å²) in [6.45, 7) is 0.688. The van der Waals surface area contributed by atoms with Gasteiger partial charge in [-0.05, 0) is 19.2 Å². The lowest BCUT2D eigenvalue weighted by Gasteiger charge is -2.03. The number of para-hydroxylation sites is 1. The molecule has 3 nitrogen and oxygen atoms in total. The number of carbonyl (C=O) groups excluding carboxylic acids is 1. The maximum atomic E-state index is 11.5. The molecule has 14 heavy (non-hydrogen) atoms. The monoisotopic (exact) mass is 214 g/mol. The number of rotatable bonds is 4. The summed E-state index contributed by atoms with van der Waals surface area (Å²) in [7, 11) is 1.82. The minimum Gasteiger partial charge on any atom is -0.398 e. The molecule has 0 aliphatic carbocycles. The number of anilines is 1. The summed E-state index contributed by atoms with van der Waals surface area (Å²) in [5.74, 6) is 0.0902. The van der Waals surface area contributed by atoms with Gasteiger partial charge in [-0.1, -0.05) is 12.1 Å². The lowest BCUT2D eigenvalue weighted by molar-refractivity contribution is 0.0984. The van der Waals surface area contributed by atoms with Crippen molar-refractivity contribution in [3.8, 4) is 0 Å². The van der Waals surface area contributed by atoms with E-state index < -0.39 is 0 Å². The van der Waals surface area contributed by atoms with E-state index >= 15 is 0 Å². The van der Waals surface area contributed by atoms with Gasteiger partial charge in [0.05, 0.1) is 0 Å². The summed E-state index contributed by atoms with van der Waals surface area (Å²) in [6.07, 6.45) is 0.491. The second kappa shape index (κ2) is 6.40. The quantitative estimate of drug-likeness (QED) is 0.590. The van der Waals surface area contributed by atoms with Gasteiger partial charge in [-0.15, -0.1) is 12.4 Å². The number of nitrogens with two attached hydrogens (primary N) is 1. The molecule has 0 saturated carbocycles. The number of hydrogen-bond donors (Lipinski definition) is 2. The molecule has 1 aromatic carbocycles. The Morgan fingerprint density at radius 1 is 1.43 bits per heavy atom. The number of Topliss-reactive ketones (excluding diaryl/α,β-unsaturated/α-hetero) is 1. The molecule has 0 aliphatic rings. The van der Waals surface area contributed by atoms with Crippen LogP contribution in [0.15, 0.2) is 24.3 Å². The lowest BCUT2D eigenvalue weighted by Crippen LogP contribution is -2.13. The van der Waals surface area contributed by atoms with Gasteiger partial charge in [0.15, 0.2) is 5.78 Å². The smallest absolute Gasteiger partial charge is 0.166 e. The van der Waals surface area contributed by atoms with E-state index in [0.717, 1.165) is 0 Å². The molecule has 0 aliphatic heterocycles. The third kappa shape index (κ3) is 3.36. The fourth-order valence-electron chi connectivity index (χ4n) is 1.12. The van der Waals surface area contributed by atoms with Crippen LogP contribution >= 0.6 is 12.4 Å². The molecule has 0 unspecified atom stereocenters. The highest BCUT2D eigenvalue weighted by molar-refractivity contribution is 6.00. The number of nitrogens with one attached hydrogen (secondary N) is 1. The van der Waals surface area contributed by atoms with Crippen molar-refractivity contribution in [3.05, 3.63) is 29.8 Å². The van der Waals surface area contributed by atoms with Crippen LogP contribution in [0.1, 0.15) is 16.8 Å². The molecule has 0 amide bonds. The Hall–Kier alpha value is -1.06. The fourth-order valence-corrected chi connectivity index (χ4v) is 1.12. The van der Waals surface area contributed by atoms with Gasteiger partial charge >= 0.3 is 0 Å². The highest BCUT2D eigenvalue weighted by Crippen LogP contribution is 2.12. The van der Waals surface area contributed by atoms with E-state index in [2.05, 4.69) is 5.32 Å². The van der Waals surface area contributed by atoms with Crippen LogP contribution in [0.3, 0.4) is 0 Å². The standard InChI is InChI=1S/C10H14N2O.ClH/c1-12-7-6-10(13)8-4-2-3-5-9(8)11;/h2-5,12H,6-7,11H2,1H3;1H. The van der Waals surface area contributed by atoms with Crippen LogP contribution in [0.2, 0.25) is 0 Å². The van der Waals surface area contributed by atoms with Crippen LogP contribution in [-0.4, -0.2) is 19.4 Å². The number of benzene rings is 1. The minimum atomic E-state index is 0. The molecular weight excluding hydrogens is 200 g/mol. The van der Waals surface area contributed by atoms with Gasteiger partial charge in [0.1, 0.15) is 0 Å². The van der Waals surface area contributed by atoms with Crippen molar-refractivity contribution in [1.29, 1.82) is 0 Å². The van der Waals surface area contributed by atoms with Crippen molar-refractivity contribution < 1.29 is 4.79 Å². The van der Waals surface area contributed by atoms with Crippen LogP contribution < -0.4 is 11.1 Å². The van der Waals surface area contributed by atoms with Gasteiger partial charge in [-0.3, -0.25) is 4.79 Å². The number of ketones is 1. The van der Waals surface area contributed by atoms with Crippen LogP contribution in [0, 0.1) is 0 Å². The summed E-state index contributed by atoms with van der Waals surface area (Å²) in [5, 5.41) is 2.93. The molecule has 0 heterocycles. The third-order valence-corrected chi connectivity index (χ3v) is 1.86. The van der Waals surface area contributed by atoms with E-state index in [1.807, 2.05) is 19.2 Å². The van der Waals surface area contributed by atoms with Crippen LogP contribution in [0.4, 0.5) is 5.69 Å². The number of nitrogen functional groups attached to an aromatic ring is 1. The molecule has 1 rings (SSSR count). The molecule has 0 fully saturated rings. The Balaban J connectivity index is 0.00000169. The van der Waals surface area contributed by atoms with Gasteiger partial charge in [-0.25, -0.2) is 0 Å². The maximum absolute atomic E-state index is 11.5. The number of halogens is 1. The first-order valence-electron chi connectivity index (χ1n) is 4.28. The molecule has 0 spiro atoms. The largest absolute Gasteiger partial charge is 0.398 e. The lowest BCUT2D eigenvalue weighted by atomic mass is 10.1. The van der Waals surface area contributed by atoms with Gasteiger partial charge in [0.2, 0.25) is 0 Å². The molecule has 0 aromatic heterocycles. The van der Waals surface area contributed by atoms with Crippen molar-refractivity contribution in [2.45, 2.75) is 6.42 Å². The normalized spacial score (nSPS) is 9.21. The van der Waals surface area contributed by atoms with E-state index in [4.69, 9.17) is 5.73 Å². The maximum Gasteiger partial charge on any atom is 0.166 e. The Labute approximate surface area is 90.1 Å². The predicted molar refractivity (Wildman–Crippen MR) is 61.0 cm³/mol. The van der Waals surface area contributed by atoms with E-state index in [0.29, 0.717) is 24.2 Å². The van der Waals surface area contributed by atoms with Crippen molar-refractivity contribution in [2.75, 3.05) is 19.3 Å². The van der Waals surface area contributed by atoms with E-state index in [9.17, 15) is 4.79 Å². The molecule has 0 bridgehead atoms. The predicted octanol–water partition coefficient (Wildman–Crippen LogP) is 1.48. The van der Waals surface area contributed by atoms with E-state index in [1.54, 1.807) is 12.1 Å². The average molecular weight is 215 g/mol. The van der Waals surface area contributed by atoms with Crippen LogP contribution in [0.5, 0.6) is 0 Å². The van der Waals surface area contributed by atoms with Crippen molar-refractivity contribution >= 4 is 23.9 Å². The molecule has 1 aromatic rings. The van der Waals surface area contributed by atoms with Gasteiger partial charge in [0, 0.05) is 24.2 Å². The summed E-state index contributed by atoms with van der Waals surface area (Å²) < 4.78 is 0. The second-order valence-electron chi connectivity index (χ2n) is 2.86. The highest BCUT2D eigenvalue weighted by Gasteiger charge is 2.07. The number of hydrogen-bond acceptors (Lipinski definition) is 3. The summed E-state index contributed by atoms with van der Waals surface area (Å²) in [6, 6.07) is 7.15. The Bertz CT molecular complexity index is 302. The zero-order valence-corrected chi connectivity index (χ0v) is 8.93. The zero-order valence-electron chi connectivity index (χ0n) is 8.12. The van der Waals surface area contributed by atoms with Gasteiger partial charge in [-0.2, -0.15) is 0 Å². The zero-order chi connectivity index (χ0) is 9.68. The molecule has 0 atom stereocenters. The molecule has 0 radical (unpaired) electrons. The van der Waals surface area contributed by atoms with Crippen molar-refractivity contribution in [1.82, 2.24) is 5.32 Å². The fraction of sp³-hybridized carbons (Fsp3) is 0.300. The average Bonchev–Trinajstić information content (AvgIpc) is 2.15. The van der Waals surface area contributed by atoms with Crippen LogP contribution in [0.25, 0.3) is 0 Å². The molecule has 78 valence electrons. The summed E-state index contributed by atoms with van der Waals surface area (Å²) >= 11 is 0. The first-order chi connectivity index (χ1) is 6.25. The molecule has 3 N–H and O–H groups in total. The Morgan fingerprint density at radius 2 is 2.07 bits per heavy atom. The Kier molecular flexibility index (Phi) is 5.92. The van der Waals surface area contributed by atoms with Gasteiger partial charge in [0.25, 0.3) is 0 Å². The molecule has 0 saturated heterocycles. The topological polar surface area (TPSA) is 55.1 Å². The van der Waals surface area contributed by atoms with E-state index in [-0.39, 0.29) is 18.2 Å². The number of carbonyl (C=O) groups is 1. The second-order valence-corrected chi connectivity index (χ2v) is 2.86. The minimum absolute atomic E-state index is 0. The first kappa shape index (κ1) is 12.9. The van der Waals surface area contributed by atoms with Crippen molar-refractivity contribution in [2.24, 2.45) is 0 Å². The summed E-state index contributed by atoms with van der Waals surface area (Å²) in [5.41, 5.74) is 6.83. The molecule has 4 heteroatoms.